The predicted octanol–water partition coefficient (Wildman–Crippen LogP) is 26.9. The summed E-state index contributed by atoms with van der Waals surface area (Å²) in [6.07, 6.45) is 69.5. The van der Waals surface area contributed by atoms with Gasteiger partial charge in [0.15, 0.2) is 12.2 Å². The number of esters is 4. The number of carbonyl (C=O) groups is 4. The Balaban J connectivity index is 5.22. The molecule has 0 aliphatic carbocycles. The molecule has 0 aromatic heterocycles. The smallest absolute Gasteiger partial charge is 0.462 e. The van der Waals surface area contributed by atoms with Crippen LogP contribution in [0.2, 0.25) is 0 Å². The molecule has 0 aliphatic rings. The highest BCUT2D eigenvalue weighted by atomic mass is 31.2. The van der Waals surface area contributed by atoms with E-state index in [1.165, 1.54) is 270 Å². The van der Waals surface area contributed by atoms with Crippen LogP contribution in [0.5, 0.6) is 0 Å². The number of hydrogen-bond acceptors (Lipinski definition) is 15. The van der Waals surface area contributed by atoms with E-state index < -0.39 is 97.5 Å². The van der Waals surface area contributed by atoms with Gasteiger partial charge >= 0.3 is 39.5 Å². The SMILES string of the molecule is CCCCCCCCCCCCCCCCCCCC(=O)O[C@H](COC(=O)CCCCCCCCCC(C)C)COP(=O)(O)OC[C@H](O)COP(=O)(O)OC[C@@H](COC(=O)CCCCCCCCCCCCCCCCCC(C)C)OC(=O)CCCCCCCCCCCCCCCCCCCCC(C)CC. The van der Waals surface area contributed by atoms with Gasteiger partial charge in [0.2, 0.25) is 0 Å². The zero-order valence-corrected chi connectivity index (χ0v) is 72.4. The van der Waals surface area contributed by atoms with E-state index in [0.717, 1.165) is 108 Å². The van der Waals surface area contributed by atoms with Crippen LogP contribution in [0.25, 0.3) is 0 Å². The van der Waals surface area contributed by atoms with E-state index >= 15 is 0 Å². The third kappa shape index (κ3) is 80.5. The van der Waals surface area contributed by atoms with Crippen LogP contribution in [0.15, 0.2) is 0 Å². The van der Waals surface area contributed by atoms with Crippen LogP contribution in [-0.4, -0.2) is 96.7 Å². The van der Waals surface area contributed by atoms with Crippen LogP contribution in [0.3, 0.4) is 0 Å². The Kier molecular flexibility index (Phi) is 76.6. The molecular weight excluding hydrogens is 1390 g/mol. The highest BCUT2D eigenvalue weighted by Crippen LogP contribution is 2.45. The lowest BCUT2D eigenvalue weighted by Gasteiger charge is -2.21. The predicted molar refractivity (Wildman–Crippen MR) is 441 cm³/mol. The largest absolute Gasteiger partial charge is 0.472 e. The fraction of sp³-hybridized carbons (Fsp3) is 0.955. The maximum atomic E-state index is 13.2. The Morgan fingerprint density at radius 2 is 0.477 bits per heavy atom. The first-order valence-corrected chi connectivity index (χ1v) is 48.4. The van der Waals surface area contributed by atoms with Crippen molar-refractivity contribution in [3.63, 3.8) is 0 Å². The van der Waals surface area contributed by atoms with Crippen molar-refractivity contribution in [1.82, 2.24) is 0 Å². The zero-order valence-electron chi connectivity index (χ0n) is 70.6. The molecule has 19 heteroatoms. The molecule has 0 saturated carbocycles. The Labute approximate surface area is 658 Å². The van der Waals surface area contributed by atoms with Crippen LogP contribution < -0.4 is 0 Å². The van der Waals surface area contributed by atoms with Gasteiger partial charge in [-0.3, -0.25) is 37.3 Å². The molecule has 6 atom stereocenters. The molecule has 636 valence electrons. The van der Waals surface area contributed by atoms with E-state index in [2.05, 4.69) is 48.5 Å². The minimum absolute atomic E-state index is 0.108. The van der Waals surface area contributed by atoms with Crippen molar-refractivity contribution in [2.24, 2.45) is 17.8 Å². The molecule has 0 amide bonds. The lowest BCUT2D eigenvalue weighted by molar-refractivity contribution is -0.161. The van der Waals surface area contributed by atoms with Crippen LogP contribution in [0.4, 0.5) is 0 Å². The third-order valence-corrected chi connectivity index (χ3v) is 22.9. The second-order valence-corrected chi connectivity index (χ2v) is 35.7. The number of aliphatic hydroxyl groups excluding tert-OH is 1. The number of carbonyl (C=O) groups excluding carboxylic acids is 4. The van der Waals surface area contributed by atoms with E-state index in [0.29, 0.717) is 31.6 Å². The molecule has 0 aromatic carbocycles. The molecule has 17 nitrogen and oxygen atoms in total. The van der Waals surface area contributed by atoms with E-state index in [1.54, 1.807) is 0 Å². The Hall–Kier alpha value is -1.94. The van der Waals surface area contributed by atoms with Crippen molar-refractivity contribution < 1.29 is 80.2 Å². The average Bonchev–Trinajstić information content (AvgIpc) is 0.901. The highest BCUT2D eigenvalue weighted by molar-refractivity contribution is 7.47. The van der Waals surface area contributed by atoms with Crippen molar-refractivity contribution in [1.29, 1.82) is 0 Å². The van der Waals surface area contributed by atoms with Crippen LogP contribution in [-0.2, 0) is 65.4 Å². The summed E-state index contributed by atoms with van der Waals surface area (Å²) < 4.78 is 68.9. The van der Waals surface area contributed by atoms with Gasteiger partial charge in [-0.1, -0.05) is 414 Å². The second-order valence-electron chi connectivity index (χ2n) is 32.8. The monoisotopic (exact) mass is 1560 g/mol. The van der Waals surface area contributed by atoms with Gasteiger partial charge in [-0.15, -0.1) is 0 Å². The Bertz CT molecular complexity index is 2060. The van der Waals surface area contributed by atoms with E-state index in [4.69, 9.17) is 37.0 Å². The number of ether oxygens (including phenoxy) is 4. The normalized spacial score (nSPS) is 14.1. The average molecular weight is 1560 g/mol. The van der Waals surface area contributed by atoms with Gasteiger partial charge in [0.25, 0.3) is 0 Å². The molecule has 0 radical (unpaired) electrons. The summed E-state index contributed by atoms with van der Waals surface area (Å²) in [5.74, 6) is 0.280. The summed E-state index contributed by atoms with van der Waals surface area (Å²) in [6, 6.07) is 0. The molecule has 3 N–H and O–H groups in total. The summed E-state index contributed by atoms with van der Waals surface area (Å²) >= 11 is 0. The molecule has 0 bridgehead atoms. The minimum atomic E-state index is -4.97. The van der Waals surface area contributed by atoms with Crippen molar-refractivity contribution in [2.45, 2.75) is 484 Å². The van der Waals surface area contributed by atoms with E-state index in [9.17, 15) is 43.2 Å². The number of aliphatic hydroxyl groups is 1. The summed E-state index contributed by atoms with van der Waals surface area (Å²) in [7, 11) is -9.93. The Morgan fingerprint density at radius 3 is 0.710 bits per heavy atom. The van der Waals surface area contributed by atoms with Gasteiger partial charge in [-0.05, 0) is 43.4 Å². The van der Waals surface area contributed by atoms with Gasteiger partial charge in [0.05, 0.1) is 26.4 Å². The molecule has 0 saturated heterocycles. The molecule has 3 unspecified atom stereocenters. The quantitative estimate of drug-likeness (QED) is 0.0222. The first-order valence-electron chi connectivity index (χ1n) is 45.4. The fourth-order valence-corrected chi connectivity index (χ4v) is 15.3. The number of phosphoric acid groups is 2. The molecule has 0 aliphatic heterocycles. The number of unbranched alkanes of at least 4 members (excludes halogenated alkanes) is 53. The van der Waals surface area contributed by atoms with E-state index in [1.807, 2.05) is 0 Å². The molecule has 0 heterocycles. The van der Waals surface area contributed by atoms with Gasteiger partial charge in [-0.25, -0.2) is 9.13 Å². The summed E-state index contributed by atoms with van der Waals surface area (Å²) in [5, 5.41) is 10.7. The van der Waals surface area contributed by atoms with Crippen LogP contribution in [0, 0.1) is 17.8 Å². The van der Waals surface area contributed by atoms with Crippen LogP contribution >= 0.6 is 15.6 Å². The zero-order chi connectivity index (χ0) is 78.6. The minimum Gasteiger partial charge on any atom is -0.462 e. The van der Waals surface area contributed by atoms with Gasteiger partial charge < -0.3 is 33.8 Å². The van der Waals surface area contributed by atoms with Crippen molar-refractivity contribution in [2.75, 3.05) is 39.6 Å². The lowest BCUT2D eigenvalue weighted by atomic mass is 9.99. The maximum Gasteiger partial charge on any atom is 0.472 e. The second kappa shape index (κ2) is 78.0. The topological polar surface area (TPSA) is 237 Å². The van der Waals surface area contributed by atoms with Gasteiger partial charge in [0, 0.05) is 25.7 Å². The molecular formula is C88H172O17P2. The number of hydrogen-bond donors (Lipinski definition) is 3. The van der Waals surface area contributed by atoms with Crippen molar-refractivity contribution in [3.8, 4) is 0 Å². The molecule has 0 rings (SSSR count). The van der Waals surface area contributed by atoms with Crippen LogP contribution in [0.1, 0.15) is 466 Å². The molecule has 107 heavy (non-hydrogen) atoms. The number of phosphoric ester groups is 2. The molecule has 0 fully saturated rings. The van der Waals surface area contributed by atoms with E-state index in [-0.39, 0.29) is 25.7 Å². The first kappa shape index (κ1) is 105. The van der Waals surface area contributed by atoms with Crippen molar-refractivity contribution >= 4 is 39.5 Å². The summed E-state index contributed by atoms with van der Waals surface area (Å²) in [6.45, 7) is 12.0. The third-order valence-electron chi connectivity index (χ3n) is 21.0. The van der Waals surface area contributed by atoms with Gasteiger partial charge in [0.1, 0.15) is 19.3 Å². The fourth-order valence-electron chi connectivity index (χ4n) is 13.7. The summed E-state index contributed by atoms with van der Waals surface area (Å²) in [4.78, 5) is 73.3. The molecule has 0 spiro atoms. The standard InChI is InChI=1S/C88H172O17P2/c1-8-10-11-12-13-14-15-16-17-20-26-32-37-42-49-57-64-72-88(93)105-84(76-99-86(91)70-63-56-51-44-46-53-60-67-80(5)6)78-103-107(96,97)101-74-82(89)73-100-106(94,95)102-77-83(75-98-85(90)69-62-55-48-41-36-31-28-23-24-29-34-39-45-52-59-66-79(3)4)104-87(92)71-65-58-50-43-38-33-27-22-19-18-21-25-30-35-40-47-54-61-68-81(7)9-2/h79-84,89H,8-78H2,1-7H3,(H,94,95)(H,96,97)/t81?,82-,83-,84-/m1/s1. The lowest BCUT2D eigenvalue weighted by Crippen LogP contribution is -2.30. The maximum absolute atomic E-state index is 13.2. The molecule has 0 aromatic rings. The first-order chi connectivity index (χ1) is 51.8. The number of rotatable bonds is 86. The van der Waals surface area contributed by atoms with Gasteiger partial charge in [-0.2, -0.15) is 0 Å². The Morgan fingerprint density at radius 1 is 0.271 bits per heavy atom. The highest BCUT2D eigenvalue weighted by Gasteiger charge is 2.31. The van der Waals surface area contributed by atoms with Crippen molar-refractivity contribution in [3.05, 3.63) is 0 Å². The summed E-state index contributed by atoms with van der Waals surface area (Å²) in [5.41, 5.74) is 0.